The molecule has 1 aromatic carbocycles. The van der Waals surface area contributed by atoms with Crippen molar-refractivity contribution in [3.8, 4) is 10.6 Å². The van der Waals surface area contributed by atoms with E-state index in [9.17, 15) is 0 Å². The van der Waals surface area contributed by atoms with Crippen LogP contribution >= 0.6 is 46.9 Å². The molecule has 154 valence electrons. The monoisotopic (exact) mass is 541 g/mol. The maximum absolute atomic E-state index is 5.83. The molecule has 5 nitrogen and oxygen atoms in total. The molecular formula is C21H25ClIN5S. The fourth-order valence-corrected chi connectivity index (χ4v) is 3.76. The number of hydrogen-bond acceptors (Lipinski definition) is 4. The number of pyridine rings is 1. The third kappa shape index (κ3) is 7.24. The van der Waals surface area contributed by atoms with Gasteiger partial charge in [0.2, 0.25) is 0 Å². The summed E-state index contributed by atoms with van der Waals surface area (Å²) in [4.78, 5) is 14.7. The SMILES string of the molecule is CCNC(=NCc1sc(-c2ccccc2)nc1C)NCCc1ccc(Cl)nc1.I. The highest BCUT2D eigenvalue weighted by atomic mass is 127. The highest BCUT2D eigenvalue weighted by Crippen LogP contribution is 2.28. The number of aliphatic imine (C=N–C) groups is 1. The minimum atomic E-state index is 0. The van der Waals surface area contributed by atoms with Gasteiger partial charge in [-0.15, -0.1) is 35.3 Å². The summed E-state index contributed by atoms with van der Waals surface area (Å²) in [6, 6.07) is 14.1. The lowest BCUT2D eigenvalue weighted by molar-refractivity contribution is 0.798. The van der Waals surface area contributed by atoms with Crippen molar-refractivity contribution in [2.45, 2.75) is 26.8 Å². The Bertz CT molecular complexity index is 913. The van der Waals surface area contributed by atoms with Crippen LogP contribution in [0, 0.1) is 6.92 Å². The molecule has 0 radical (unpaired) electrons. The summed E-state index contributed by atoms with van der Waals surface area (Å²) in [7, 11) is 0. The van der Waals surface area contributed by atoms with E-state index in [1.165, 1.54) is 4.88 Å². The standard InChI is InChI=1S/C21H24ClN5S.HI/c1-3-23-21(24-12-11-16-9-10-19(22)25-13-16)26-14-18-15(2)27-20(28-18)17-7-5-4-6-8-17;/h4-10,13H,3,11-12,14H2,1-2H3,(H2,23,24,26);1H. The van der Waals surface area contributed by atoms with Crippen LogP contribution in [-0.4, -0.2) is 29.0 Å². The van der Waals surface area contributed by atoms with Gasteiger partial charge in [0.15, 0.2) is 5.96 Å². The number of thiazole rings is 1. The Morgan fingerprint density at radius 1 is 1.14 bits per heavy atom. The van der Waals surface area contributed by atoms with Crippen LogP contribution in [0.3, 0.4) is 0 Å². The van der Waals surface area contributed by atoms with Crippen LogP contribution in [0.2, 0.25) is 5.15 Å². The summed E-state index contributed by atoms with van der Waals surface area (Å²) in [6.45, 7) is 6.29. The molecule has 2 heterocycles. The van der Waals surface area contributed by atoms with Crippen molar-refractivity contribution >= 4 is 52.9 Å². The number of aromatic nitrogens is 2. The van der Waals surface area contributed by atoms with E-state index in [2.05, 4.69) is 34.7 Å². The van der Waals surface area contributed by atoms with Crippen LogP contribution in [0.4, 0.5) is 0 Å². The molecular weight excluding hydrogens is 517 g/mol. The molecule has 0 bridgehead atoms. The zero-order chi connectivity index (χ0) is 19.8. The Morgan fingerprint density at radius 3 is 2.62 bits per heavy atom. The summed E-state index contributed by atoms with van der Waals surface area (Å²) in [6.07, 6.45) is 2.66. The predicted octanol–water partition coefficient (Wildman–Crippen LogP) is 5.08. The number of nitrogens with zero attached hydrogens (tertiary/aromatic N) is 3. The topological polar surface area (TPSA) is 62.2 Å². The Hall–Kier alpha value is -1.71. The van der Waals surface area contributed by atoms with Gasteiger partial charge in [-0.05, 0) is 31.9 Å². The van der Waals surface area contributed by atoms with E-state index in [1.54, 1.807) is 17.5 Å². The van der Waals surface area contributed by atoms with Crippen molar-refractivity contribution in [2.75, 3.05) is 13.1 Å². The van der Waals surface area contributed by atoms with Crippen LogP contribution in [0.5, 0.6) is 0 Å². The van der Waals surface area contributed by atoms with E-state index in [4.69, 9.17) is 21.6 Å². The van der Waals surface area contributed by atoms with Gasteiger partial charge >= 0.3 is 0 Å². The minimum absolute atomic E-state index is 0. The second kappa shape index (κ2) is 12.1. The van der Waals surface area contributed by atoms with Crippen molar-refractivity contribution in [3.05, 3.63) is 69.9 Å². The quantitative estimate of drug-likeness (QED) is 0.189. The van der Waals surface area contributed by atoms with Gasteiger partial charge < -0.3 is 10.6 Å². The number of hydrogen-bond donors (Lipinski definition) is 2. The Labute approximate surface area is 198 Å². The Morgan fingerprint density at radius 2 is 1.93 bits per heavy atom. The molecule has 0 atom stereocenters. The molecule has 2 N–H and O–H groups in total. The van der Waals surface area contributed by atoms with Crippen molar-refractivity contribution in [2.24, 2.45) is 4.99 Å². The van der Waals surface area contributed by atoms with Gasteiger partial charge in [-0.2, -0.15) is 0 Å². The van der Waals surface area contributed by atoms with E-state index < -0.39 is 0 Å². The first-order valence-electron chi connectivity index (χ1n) is 9.30. The largest absolute Gasteiger partial charge is 0.357 e. The average Bonchev–Trinajstić information content (AvgIpc) is 3.09. The molecule has 2 aromatic heterocycles. The van der Waals surface area contributed by atoms with Crippen molar-refractivity contribution in [1.82, 2.24) is 20.6 Å². The van der Waals surface area contributed by atoms with Gasteiger partial charge in [0.25, 0.3) is 0 Å². The summed E-state index contributed by atoms with van der Waals surface area (Å²) >= 11 is 7.53. The maximum atomic E-state index is 5.83. The number of aryl methyl sites for hydroxylation is 1. The molecule has 0 amide bonds. The smallest absolute Gasteiger partial charge is 0.191 e. The number of guanidine groups is 1. The molecule has 0 fully saturated rings. The van der Waals surface area contributed by atoms with Gasteiger partial charge in [-0.25, -0.2) is 15.0 Å². The lowest BCUT2D eigenvalue weighted by atomic mass is 10.2. The third-order valence-corrected chi connectivity index (χ3v) is 5.55. The van der Waals surface area contributed by atoms with E-state index in [0.29, 0.717) is 11.7 Å². The number of nitrogens with one attached hydrogen (secondary N) is 2. The second-order valence-corrected chi connectivity index (χ2v) is 7.73. The summed E-state index contributed by atoms with van der Waals surface area (Å²) in [5.41, 5.74) is 3.32. The van der Waals surface area contributed by atoms with E-state index in [-0.39, 0.29) is 24.0 Å². The molecule has 3 aromatic rings. The van der Waals surface area contributed by atoms with Gasteiger partial charge in [0, 0.05) is 29.7 Å². The first-order valence-corrected chi connectivity index (χ1v) is 10.5. The fourth-order valence-electron chi connectivity index (χ4n) is 2.65. The first kappa shape index (κ1) is 23.6. The minimum Gasteiger partial charge on any atom is -0.357 e. The van der Waals surface area contributed by atoms with Crippen molar-refractivity contribution in [3.63, 3.8) is 0 Å². The number of benzene rings is 1. The van der Waals surface area contributed by atoms with Crippen LogP contribution in [0.1, 0.15) is 23.1 Å². The van der Waals surface area contributed by atoms with Crippen molar-refractivity contribution < 1.29 is 0 Å². The highest BCUT2D eigenvalue weighted by molar-refractivity contribution is 14.0. The highest BCUT2D eigenvalue weighted by Gasteiger charge is 2.09. The number of halogens is 2. The Balaban J connectivity index is 0.00000300. The third-order valence-electron chi connectivity index (χ3n) is 4.13. The van der Waals surface area contributed by atoms with Crippen LogP contribution in [0.15, 0.2) is 53.7 Å². The number of rotatable bonds is 7. The molecule has 0 saturated carbocycles. The zero-order valence-corrected chi connectivity index (χ0v) is 20.4. The molecule has 0 aliphatic rings. The second-order valence-electron chi connectivity index (χ2n) is 6.25. The van der Waals surface area contributed by atoms with Gasteiger partial charge in [0.1, 0.15) is 10.2 Å². The van der Waals surface area contributed by atoms with Gasteiger partial charge in [-0.1, -0.05) is 48.0 Å². The molecule has 0 unspecified atom stereocenters. The van der Waals surface area contributed by atoms with Crippen LogP contribution < -0.4 is 10.6 Å². The fraction of sp³-hybridized carbons (Fsp3) is 0.286. The molecule has 29 heavy (non-hydrogen) atoms. The van der Waals surface area contributed by atoms with Crippen molar-refractivity contribution in [1.29, 1.82) is 0 Å². The zero-order valence-electron chi connectivity index (χ0n) is 16.5. The van der Waals surface area contributed by atoms with Gasteiger partial charge in [-0.3, -0.25) is 0 Å². The first-order chi connectivity index (χ1) is 13.7. The molecule has 8 heteroatoms. The van der Waals surface area contributed by atoms with Gasteiger partial charge in [0.05, 0.1) is 12.2 Å². The summed E-state index contributed by atoms with van der Waals surface area (Å²) < 4.78 is 0. The lowest BCUT2D eigenvalue weighted by Crippen LogP contribution is -2.38. The Kier molecular flexibility index (Phi) is 9.83. The molecule has 3 rings (SSSR count). The predicted molar refractivity (Wildman–Crippen MR) is 133 cm³/mol. The molecule has 0 spiro atoms. The summed E-state index contributed by atoms with van der Waals surface area (Å²) in [5.74, 6) is 0.804. The lowest BCUT2D eigenvalue weighted by Gasteiger charge is -2.11. The normalized spacial score (nSPS) is 11.1. The molecule has 0 aliphatic heterocycles. The van der Waals surface area contributed by atoms with E-state index in [1.807, 2.05) is 37.3 Å². The molecule has 0 saturated heterocycles. The van der Waals surface area contributed by atoms with Crippen LogP contribution in [0.25, 0.3) is 10.6 Å². The average molecular weight is 542 g/mol. The van der Waals surface area contributed by atoms with E-state index in [0.717, 1.165) is 47.3 Å². The van der Waals surface area contributed by atoms with E-state index >= 15 is 0 Å². The molecule has 0 aliphatic carbocycles. The van der Waals surface area contributed by atoms with Crippen LogP contribution in [-0.2, 0) is 13.0 Å². The summed E-state index contributed by atoms with van der Waals surface area (Å²) in [5, 5.41) is 8.22. The maximum Gasteiger partial charge on any atom is 0.191 e.